The second-order valence-electron chi connectivity index (χ2n) is 8.06. The fourth-order valence-electron chi connectivity index (χ4n) is 3.89. The molecule has 0 atom stereocenters. The van der Waals surface area contributed by atoms with Crippen molar-refractivity contribution in [2.75, 3.05) is 37.6 Å². The number of benzene rings is 2. The van der Waals surface area contributed by atoms with Crippen molar-refractivity contribution in [3.8, 4) is 0 Å². The van der Waals surface area contributed by atoms with Crippen LogP contribution in [0.3, 0.4) is 0 Å². The number of para-hydroxylation sites is 1. The zero-order valence-corrected chi connectivity index (χ0v) is 17.2. The lowest BCUT2D eigenvalue weighted by atomic mass is 10.1. The van der Waals surface area contributed by atoms with Crippen molar-refractivity contribution in [2.45, 2.75) is 33.2 Å². The third-order valence-corrected chi connectivity index (χ3v) is 5.18. The van der Waals surface area contributed by atoms with Crippen molar-refractivity contribution >= 4 is 11.6 Å². The molecular formula is C24H33N3O. The molecule has 3 rings (SSSR count). The molecule has 0 fully saturated rings. The summed E-state index contributed by atoms with van der Waals surface area (Å²) in [4.78, 5) is 17.8. The Morgan fingerprint density at radius 2 is 1.75 bits per heavy atom. The standard InChI is InChI=1S/C24H33N3O/c1-20(2)19-26-14-8-15-27(24(28)17-21-9-4-3-5-10-21)23-12-7-6-11-22(23)18-25-13-16-26/h3-7,9-12,20,25H,8,13-19H2,1-2H3. The van der Waals surface area contributed by atoms with E-state index < -0.39 is 0 Å². The molecule has 2 aromatic rings. The number of anilines is 1. The first-order chi connectivity index (χ1) is 13.6. The van der Waals surface area contributed by atoms with Crippen molar-refractivity contribution in [3.63, 3.8) is 0 Å². The van der Waals surface area contributed by atoms with Crippen LogP contribution in [0.25, 0.3) is 0 Å². The van der Waals surface area contributed by atoms with E-state index in [9.17, 15) is 4.79 Å². The number of hydrogen-bond acceptors (Lipinski definition) is 3. The zero-order chi connectivity index (χ0) is 19.8. The van der Waals surface area contributed by atoms with E-state index in [1.54, 1.807) is 0 Å². The Hall–Kier alpha value is -2.17. The Balaban J connectivity index is 1.80. The first kappa shape index (κ1) is 20.6. The van der Waals surface area contributed by atoms with Crippen LogP contribution in [-0.4, -0.2) is 43.5 Å². The summed E-state index contributed by atoms with van der Waals surface area (Å²) in [5.74, 6) is 0.825. The molecule has 0 bridgehead atoms. The normalized spacial score (nSPS) is 16.5. The quantitative estimate of drug-likeness (QED) is 0.880. The van der Waals surface area contributed by atoms with Gasteiger partial charge in [-0.25, -0.2) is 0 Å². The summed E-state index contributed by atoms with van der Waals surface area (Å²) in [6.07, 6.45) is 1.43. The average molecular weight is 380 g/mol. The van der Waals surface area contributed by atoms with Crippen LogP contribution in [0.2, 0.25) is 0 Å². The van der Waals surface area contributed by atoms with E-state index in [0.29, 0.717) is 12.3 Å². The molecule has 0 unspecified atom stereocenters. The van der Waals surface area contributed by atoms with Gasteiger partial charge in [-0.1, -0.05) is 62.4 Å². The Morgan fingerprint density at radius 3 is 2.54 bits per heavy atom. The van der Waals surface area contributed by atoms with Crippen molar-refractivity contribution in [2.24, 2.45) is 5.92 Å². The van der Waals surface area contributed by atoms with Gasteiger partial charge in [0.2, 0.25) is 5.91 Å². The summed E-state index contributed by atoms with van der Waals surface area (Å²) in [7, 11) is 0. The lowest BCUT2D eigenvalue weighted by Gasteiger charge is -2.27. The van der Waals surface area contributed by atoms with E-state index in [1.807, 2.05) is 41.3 Å². The number of amides is 1. The fourth-order valence-corrected chi connectivity index (χ4v) is 3.89. The smallest absolute Gasteiger partial charge is 0.231 e. The maximum Gasteiger partial charge on any atom is 0.231 e. The van der Waals surface area contributed by atoms with Crippen LogP contribution in [0.1, 0.15) is 31.4 Å². The van der Waals surface area contributed by atoms with Crippen molar-refractivity contribution in [1.29, 1.82) is 0 Å². The van der Waals surface area contributed by atoms with E-state index in [1.165, 1.54) is 5.56 Å². The van der Waals surface area contributed by atoms with Crippen LogP contribution >= 0.6 is 0 Å². The monoisotopic (exact) mass is 379 g/mol. The topological polar surface area (TPSA) is 35.6 Å². The van der Waals surface area contributed by atoms with Gasteiger partial charge in [-0.2, -0.15) is 0 Å². The lowest BCUT2D eigenvalue weighted by molar-refractivity contribution is -0.118. The second kappa shape index (κ2) is 10.4. The Morgan fingerprint density at radius 1 is 1.00 bits per heavy atom. The second-order valence-corrected chi connectivity index (χ2v) is 8.06. The molecule has 0 spiro atoms. The molecule has 1 amide bonds. The summed E-state index contributed by atoms with van der Waals surface area (Å²) < 4.78 is 0. The molecule has 1 aliphatic rings. The van der Waals surface area contributed by atoms with Crippen LogP contribution in [0.5, 0.6) is 0 Å². The molecule has 0 saturated heterocycles. The molecule has 28 heavy (non-hydrogen) atoms. The highest BCUT2D eigenvalue weighted by Gasteiger charge is 2.20. The molecule has 0 aliphatic carbocycles. The maximum absolute atomic E-state index is 13.2. The van der Waals surface area contributed by atoms with Gasteiger partial charge in [0.15, 0.2) is 0 Å². The van der Waals surface area contributed by atoms with Crippen molar-refractivity contribution in [1.82, 2.24) is 10.2 Å². The molecule has 1 aliphatic heterocycles. The molecular weight excluding hydrogens is 346 g/mol. The SMILES string of the molecule is CC(C)CN1CCCN(C(=O)Cc2ccccc2)c2ccccc2CNCC1. The number of fused-ring (bicyclic) bond motifs is 1. The molecule has 0 radical (unpaired) electrons. The van der Waals surface area contributed by atoms with E-state index in [4.69, 9.17) is 0 Å². The first-order valence-electron chi connectivity index (χ1n) is 10.5. The predicted octanol–water partition coefficient (Wildman–Crippen LogP) is 3.71. The summed E-state index contributed by atoms with van der Waals surface area (Å²) in [6.45, 7) is 10.2. The molecule has 1 N–H and O–H groups in total. The lowest BCUT2D eigenvalue weighted by Crippen LogP contribution is -2.37. The van der Waals surface area contributed by atoms with Crippen LogP contribution in [-0.2, 0) is 17.8 Å². The minimum atomic E-state index is 0.174. The average Bonchev–Trinajstić information content (AvgIpc) is 2.72. The number of nitrogens with zero attached hydrogens (tertiary/aromatic N) is 2. The predicted molar refractivity (Wildman–Crippen MR) is 117 cm³/mol. The maximum atomic E-state index is 13.2. The van der Waals surface area contributed by atoms with Gasteiger partial charge in [0, 0.05) is 38.4 Å². The minimum Gasteiger partial charge on any atom is -0.312 e. The van der Waals surface area contributed by atoms with Crippen molar-refractivity contribution in [3.05, 3.63) is 65.7 Å². The van der Waals surface area contributed by atoms with E-state index in [0.717, 1.165) is 56.9 Å². The summed E-state index contributed by atoms with van der Waals surface area (Å²) in [5, 5.41) is 3.57. The highest BCUT2D eigenvalue weighted by molar-refractivity contribution is 5.95. The first-order valence-corrected chi connectivity index (χ1v) is 10.5. The number of nitrogens with one attached hydrogen (secondary N) is 1. The third kappa shape index (κ3) is 5.91. The largest absolute Gasteiger partial charge is 0.312 e. The Labute approximate surface area is 169 Å². The van der Waals surface area contributed by atoms with Gasteiger partial charge in [0.05, 0.1) is 6.42 Å². The third-order valence-electron chi connectivity index (χ3n) is 5.18. The van der Waals surface area contributed by atoms with Gasteiger partial charge in [-0.05, 0) is 36.1 Å². The number of hydrogen-bond donors (Lipinski definition) is 1. The molecule has 150 valence electrons. The molecule has 2 aromatic carbocycles. The van der Waals surface area contributed by atoms with E-state index in [-0.39, 0.29) is 5.91 Å². The van der Waals surface area contributed by atoms with Gasteiger partial charge < -0.3 is 15.1 Å². The number of carbonyl (C=O) groups is 1. The molecule has 0 saturated carbocycles. The van der Waals surface area contributed by atoms with Crippen molar-refractivity contribution < 1.29 is 4.79 Å². The van der Waals surface area contributed by atoms with Crippen LogP contribution < -0.4 is 10.2 Å². The Kier molecular flexibility index (Phi) is 7.63. The van der Waals surface area contributed by atoms with Crippen LogP contribution in [0.15, 0.2) is 54.6 Å². The highest BCUT2D eigenvalue weighted by atomic mass is 16.2. The molecule has 0 aromatic heterocycles. The van der Waals surface area contributed by atoms with E-state index in [2.05, 4.69) is 42.3 Å². The minimum absolute atomic E-state index is 0.174. The number of rotatable bonds is 4. The highest BCUT2D eigenvalue weighted by Crippen LogP contribution is 2.22. The summed E-state index contributed by atoms with van der Waals surface area (Å²) in [5.41, 5.74) is 3.31. The zero-order valence-electron chi connectivity index (χ0n) is 17.2. The van der Waals surface area contributed by atoms with Crippen LogP contribution in [0.4, 0.5) is 5.69 Å². The van der Waals surface area contributed by atoms with Gasteiger partial charge in [0.25, 0.3) is 0 Å². The van der Waals surface area contributed by atoms with Gasteiger partial charge >= 0.3 is 0 Å². The molecule has 1 heterocycles. The van der Waals surface area contributed by atoms with E-state index >= 15 is 0 Å². The molecule has 4 heteroatoms. The fraction of sp³-hybridized carbons (Fsp3) is 0.458. The number of carbonyl (C=O) groups excluding carboxylic acids is 1. The van der Waals surface area contributed by atoms with Gasteiger partial charge in [0.1, 0.15) is 0 Å². The summed E-state index contributed by atoms with van der Waals surface area (Å²) in [6, 6.07) is 18.4. The van der Waals surface area contributed by atoms with Gasteiger partial charge in [-0.15, -0.1) is 0 Å². The summed E-state index contributed by atoms with van der Waals surface area (Å²) >= 11 is 0. The Bertz CT molecular complexity index is 745. The van der Waals surface area contributed by atoms with Crippen LogP contribution in [0, 0.1) is 5.92 Å². The molecule has 4 nitrogen and oxygen atoms in total. The van der Waals surface area contributed by atoms with Gasteiger partial charge in [-0.3, -0.25) is 4.79 Å².